The average molecular weight is 296 g/mol. The molecular formula is C14H17FN2O4. The third-order valence-corrected chi connectivity index (χ3v) is 3.31. The lowest BCUT2D eigenvalue weighted by atomic mass is 9.86. The van der Waals surface area contributed by atoms with Crippen LogP contribution in [0.1, 0.15) is 31.4 Å². The number of carboxylic acid groups (broad SMARTS) is 1. The highest BCUT2D eigenvalue weighted by atomic mass is 19.1. The summed E-state index contributed by atoms with van der Waals surface area (Å²) in [6.07, 6.45) is 4.96. The molecule has 0 saturated carbocycles. The normalized spacial score (nSPS) is 18.2. The van der Waals surface area contributed by atoms with Crippen LogP contribution in [0.2, 0.25) is 0 Å². The Morgan fingerprint density at radius 1 is 1.57 bits per heavy atom. The van der Waals surface area contributed by atoms with Crippen LogP contribution in [0.5, 0.6) is 6.01 Å². The number of rotatable bonds is 6. The molecule has 0 aliphatic heterocycles. The summed E-state index contributed by atoms with van der Waals surface area (Å²) >= 11 is 0. The van der Waals surface area contributed by atoms with Crippen LogP contribution in [-0.4, -0.2) is 34.9 Å². The van der Waals surface area contributed by atoms with E-state index in [1.54, 1.807) is 0 Å². The van der Waals surface area contributed by atoms with Crippen molar-refractivity contribution in [3.8, 4) is 6.01 Å². The van der Waals surface area contributed by atoms with Crippen LogP contribution in [0.25, 0.3) is 5.57 Å². The van der Waals surface area contributed by atoms with Crippen LogP contribution < -0.4 is 4.74 Å². The fourth-order valence-corrected chi connectivity index (χ4v) is 2.29. The molecule has 1 N–H and O–H groups in total. The van der Waals surface area contributed by atoms with Gasteiger partial charge in [-0.1, -0.05) is 6.08 Å². The van der Waals surface area contributed by atoms with E-state index in [9.17, 15) is 9.18 Å². The van der Waals surface area contributed by atoms with Crippen molar-refractivity contribution >= 4 is 11.5 Å². The molecule has 21 heavy (non-hydrogen) atoms. The maximum Gasteiger partial charge on any atom is 0.319 e. The van der Waals surface area contributed by atoms with Gasteiger partial charge in [-0.15, -0.1) is 0 Å². The number of nitrogens with zero attached hydrogens (tertiary/aromatic N) is 2. The summed E-state index contributed by atoms with van der Waals surface area (Å²) in [7, 11) is 1.47. The summed E-state index contributed by atoms with van der Waals surface area (Å²) < 4.78 is 23.7. The zero-order valence-electron chi connectivity index (χ0n) is 11.7. The molecule has 0 amide bonds. The summed E-state index contributed by atoms with van der Waals surface area (Å²) in [5, 5.41) is 8.78. The van der Waals surface area contributed by atoms with Gasteiger partial charge in [0.05, 0.1) is 6.20 Å². The van der Waals surface area contributed by atoms with Crippen LogP contribution in [0.3, 0.4) is 0 Å². The Balaban J connectivity index is 2.11. The number of aromatic nitrogens is 2. The van der Waals surface area contributed by atoms with Crippen molar-refractivity contribution in [2.45, 2.75) is 25.7 Å². The zero-order valence-corrected chi connectivity index (χ0v) is 11.7. The topological polar surface area (TPSA) is 81.5 Å². The standard InChI is InChI=1S/C14H17FN2O4/c1-20-8-21-14-16-7-11(15)13(17-14)10-4-2-9(3-5-10)6-12(18)19/h4,7,9H,2-3,5-6,8H2,1H3,(H,18,19). The first-order chi connectivity index (χ1) is 10.1. The van der Waals surface area contributed by atoms with Gasteiger partial charge in [0.25, 0.3) is 0 Å². The quantitative estimate of drug-likeness (QED) is 0.811. The first kappa shape index (κ1) is 15.4. The second-order valence-corrected chi connectivity index (χ2v) is 4.87. The molecule has 1 heterocycles. The molecule has 1 aliphatic carbocycles. The maximum atomic E-state index is 13.8. The number of aliphatic carboxylic acids is 1. The molecule has 0 bridgehead atoms. The second-order valence-electron chi connectivity index (χ2n) is 4.87. The molecule has 1 aromatic heterocycles. The fraction of sp³-hybridized carbons (Fsp3) is 0.500. The maximum absolute atomic E-state index is 13.8. The number of hydrogen-bond donors (Lipinski definition) is 1. The summed E-state index contributed by atoms with van der Waals surface area (Å²) in [5.74, 6) is -1.22. The Morgan fingerprint density at radius 3 is 3.00 bits per heavy atom. The van der Waals surface area contributed by atoms with Crippen LogP contribution in [0.15, 0.2) is 12.3 Å². The number of hydrogen-bond acceptors (Lipinski definition) is 5. The summed E-state index contributed by atoms with van der Waals surface area (Å²) in [4.78, 5) is 18.5. The van der Waals surface area contributed by atoms with E-state index < -0.39 is 11.8 Å². The number of ether oxygens (including phenoxy) is 2. The summed E-state index contributed by atoms with van der Waals surface area (Å²) in [6, 6.07) is 0.0572. The number of methoxy groups -OCH3 is 1. The molecule has 0 spiro atoms. The lowest BCUT2D eigenvalue weighted by Gasteiger charge is -2.20. The van der Waals surface area contributed by atoms with Gasteiger partial charge >= 0.3 is 12.0 Å². The Kier molecular flexibility index (Phi) is 5.21. The average Bonchev–Trinajstić information content (AvgIpc) is 2.47. The van der Waals surface area contributed by atoms with E-state index in [0.29, 0.717) is 19.3 Å². The molecule has 0 saturated heterocycles. The van der Waals surface area contributed by atoms with Gasteiger partial charge in [-0.2, -0.15) is 4.98 Å². The van der Waals surface area contributed by atoms with Gasteiger partial charge in [0, 0.05) is 13.5 Å². The lowest BCUT2D eigenvalue weighted by Crippen LogP contribution is -2.12. The van der Waals surface area contributed by atoms with Gasteiger partial charge in [-0.25, -0.2) is 9.37 Å². The van der Waals surface area contributed by atoms with E-state index in [2.05, 4.69) is 9.97 Å². The first-order valence-corrected chi connectivity index (χ1v) is 6.65. The molecule has 1 aromatic rings. The highest BCUT2D eigenvalue weighted by Gasteiger charge is 2.21. The van der Waals surface area contributed by atoms with Gasteiger partial charge in [0.15, 0.2) is 12.6 Å². The minimum absolute atomic E-state index is 0.00912. The van der Waals surface area contributed by atoms with Crippen LogP contribution in [0.4, 0.5) is 4.39 Å². The predicted molar refractivity (Wildman–Crippen MR) is 72.1 cm³/mol. The van der Waals surface area contributed by atoms with Crippen LogP contribution in [0, 0.1) is 11.7 Å². The largest absolute Gasteiger partial charge is 0.481 e. The number of carbonyl (C=O) groups is 1. The van der Waals surface area contributed by atoms with Crippen molar-refractivity contribution < 1.29 is 23.8 Å². The Hall–Kier alpha value is -2.02. The number of allylic oxidation sites excluding steroid dienone is 2. The zero-order chi connectivity index (χ0) is 15.2. The van der Waals surface area contributed by atoms with Crippen LogP contribution in [-0.2, 0) is 9.53 Å². The molecule has 1 aliphatic rings. The molecule has 0 radical (unpaired) electrons. The van der Waals surface area contributed by atoms with E-state index in [1.165, 1.54) is 7.11 Å². The molecule has 1 atom stereocenters. The monoisotopic (exact) mass is 296 g/mol. The van der Waals surface area contributed by atoms with E-state index in [4.69, 9.17) is 14.6 Å². The van der Waals surface area contributed by atoms with Gasteiger partial charge in [-0.3, -0.25) is 4.79 Å². The van der Waals surface area contributed by atoms with Crippen molar-refractivity contribution in [1.29, 1.82) is 0 Å². The van der Waals surface area contributed by atoms with E-state index in [-0.39, 0.29) is 30.8 Å². The third-order valence-electron chi connectivity index (χ3n) is 3.31. The highest BCUT2D eigenvalue weighted by molar-refractivity contribution is 5.68. The minimum atomic E-state index is -0.805. The number of halogens is 1. The van der Waals surface area contributed by atoms with E-state index in [1.807, 2.05) is 6.08 Å². The summed E-state index contributed by atoms with van der Waals surface area (Å²) in [6.45, 7) is -0.00912. The molecular weight excluding hydrogens is 279 g/mol. The lowest BCUT2D eigenvalue weighted by molar-refractivity contribution is -0.138. The van der Waals surface area contributed by atoms with Crippen molar-refractivity contribution in [1.82, 2.24) is 9.97 Å². The van der Waals surface area contributed by atoms with Crippen molar-refractivity contribution in [2.75, 3.05) is 13.9 Å². The van der Waals surface area contributed by atoms with Gasteiger partial charge in [-0.05, 0) is 30.8 Å². The smallest absolute Gasteiger partial charge is 0.319 e. The molecule has 114 valence electrons. The second kappa shape index (κ2) is 7.12. The Morgan fingerprint density at radius 2 is 2.38 bits per heavy atom. The van der Waals surface area contributed by atoms with E-state index >= 15 is 0 Å². The van der Waals surface area contributed by atoms with Crippen molar-refractivity contribution in [3.63, 3.8) is 0 Å². The Labute approximate surface area is 121 Å². The molecule has 0 fully saturated rings. The fourth-order valence-electron chi connectivity index (χ4n) is 2.29. The molecule has 2 rings (SSSR count). The molecule has 1 unspecified atom stereocenters. The highest BCUT2D eigenvalue weighted by Crippen LogP contribution is 2.32. The van der Waals surface area contributed by atoms with E-state index in [0.717, 1.165) is 11.8 Å². The Bertz CT molecular complexity index is 548. The molecule has 6 nitrogen and oxygen atoms in total. The van der Waals surface area contributed by atoms with Gasteiger partial charge in [0.1, 0.15) is 5.69 Å². The van der Waals surface area contributed by atoms with Crippen molar-refractivity contribution in [3.05, 3.63) is 23.8 Å². The van der Waals surface area contributed by atoms with Gasteiger partial charge < -0.3 is 14.6 Å². The first-order valence-electron chi connectivity index (χ1n) is 6.65. The minimum Gasteiger partial charge on any atom is -0.481 e. The number of carboxylic acids is 1. The van der Waals surface area contributed by atoms with Gasteiger partial charge in [0.2, 0.25) is 0 Å². The third kappa shape index (κ3) is 4.22. The SMILES string of the molecule is COCOc1ncc(F)c(C2=CCC(CC(=O)O)CC2)n1. The van der Waals surface area contributed by atoms with Crippen molar-refractivity contribution in [2.24, 2.45) is 5.92 Å². The predicted octanol–water partition coefficient (Wildman–Crippen LogP) is 2.26. The molecule has 0 aromatic carbocycles. The summed E-state index contributed by atoms with van der Waals surface area (Å²) in [5.41, 5.74) is 0.976. The molecule has 7 heteroatoms. The van der Waals surface area contributed by atoms with Crippen LogP contribution >= 0.6 is 0 Å².